The third-order valence-electron chi connectivity index (χ3n) is 7.57. The second kappa shape index (κ2) is 12.3. The summed E-state index contributed by atoms with van der Waals surface area (Å²) in [7, 11) is 0. The van der Waals surface area contributed by atoms with Crippen LogP contribution in [0.5, 0.6) is 0 Å². The van der Waals surface area contributed by atoms with Crippen molar-refractivity contribution in [1.82, 2.24) is 4.57 Å². The fraction of sp³-hybridized carbons (Fsp3) is 0.167. The van der Waals surface area contributed by atoms with Crippen LogP contribution in [0, 0.1) is 0 Å². The highest BCUT2D eigenvalue weighted by Crippen LogP contribution is 2.36. The molecule has 2 aromatic heterocycles. The molecule has 0 saturated heterocycles. The average Bonchev–Trinajstić information content (AvgIpc) is 3.56. The molecule has 0 amide bonds. The van der Waals surface area contributed by atoms with Gasteiger partial charge in [-0.2, -0.15) is 4.57 Å². The third kappa shape index (κ3) is 5.24. The molecule has 0 radical (unpaired) electrons. The second-order valence-electron chi connectivity index (χ2n) is 10.0. The number of benzene rings is 3. The van der Waals surface area contributed by atoms with E-state index in [1.165, 1.54) is 32.9 Å². The van der Waals surface area contributed by atoms with Gasteiger partial charge in [0.05, 0.1) is 10.6 Å². The summed E-state index contributed by atoms with van der Waals surface area (Å²) in [6, 6.07) is 29.6. The van der Waals surface area contributed by atoms with E-state index in [1.807, 2.05) is 17.6 Å². The number of thiazole rings is 2. The Hall–Kier alpha value is -4.26. The van der Waals surface area contributed by atoms with E-state index < -0.39 is 0 Å². The lowest BCUT2D eigenvalue weighted by Crippen LogP contribution is -2.36. The monoisotopic (exact) mass is 588 g/mol. The lowest BCUT2D eigenvalue weighted by Gasteiger charge is -2.26. The van der Waals surface area contributed by atoms with Crippen molar-refractivity contribution in [3.8, 4) is 21.7 Å². The molecule has 6 heteroatoms. The van der Waals surface area contributed by atoms with Crippen molar-refractivity contribution in [2.75, 3.05) is 11.4 Å². The van der Waals surface area contributed by atoms with Crippen LogP contribution in [-0.4, -0.2) is 11.1 Å². The number of hydrogen-bond donors (Lipinski definition) is 0. The number of hydrogen-bond acceptors (Lipinski definition) is 4. The summed E-state index contributed by atoms with van der Waals surface area (Å²) in [5, 5.41) is 1.13. The van der Waals surface area contributed by atoms with Gasteiger partial charge in [-0.3, -0.25) is 9.36 Å². The fourth-order valence-electron chi connectivity index (χ4n) is 5.49. The maximum Gasteiger partial charge on any atom is 0.269 e. The first-order valence-corrected chi connectivity index (χ1v) is 16.1. The minimum absolute atomic E-state index is 0.0556. The molecule has 4 nitrogen and oxygen atoms in total. The van der Waals surface area contributed by atoms with Gasteiger partial charge in [-0.15, -0.1) is 11.3 Å². The Bertz CT molecular complexity index is 1960. The van der Waals surface area contributed by atoms with Gasteiger partial charge in [0.1, 0.15) is 16.1 Å². The molecular weight excluding hydrogens is 555 g/mol. The van der Waals surface area contributed by atoms with Gasteiger partial charge in [0, 0.05) is 36.1 Å². The second-order valence-corrected chi connectivity index (χ2v) is 12.1. The molecule has 3 aromatic carbocycles. The third-order valence-corrected chi connectivity index (χ3v) is 9.83. The van der Waals surface area contributed by atoms with Crippen LogP contribution in [0.15, 0.2) is 108 Å². The number of fused-ring (bicyclic) bond motifs is 1. The van der Waals surface area contributed by atoms with Crippen LogP contribution in [0.1, 0.15) is 31.3 Å². The van der Waals surface area contributed by atoms with Crippen LogP contribution in [0.4, 0.5) is 5.69 Å². The normalized spacial score (nSPS) is 14.6. The molecule has 0 fully saturated rings. The first-order chi connectivity index (χ1) is 20.6. The van der Waals surface area contributed by atoms with Crippen LogP contribution < -0.4 is 24.2 Å². The molecule has 1 aliphatic rings. The van der Waals surface area contributed by atoms with Crippen LogP contribution in [0.3, 0.4) is 0 Å². The number of anilines is 1. The molecule has 0 saturated carbocycles. The largest absolute Gasteiger partial charge is 0.348 e. The minimum atomic E-state index is 0.0556. The van der Waals surface area contributed by atoms with E-state index in [2.05, 4.69) is 133 Å². The SMILES string of the molecule is CCN1C=CC(=CC=c2s/c(=C\c3sc(-c4ccccc4)c(-c4ccccc4)[n+]3CC)n(CC)c2=O)c2ccccc21. The average molecular weight is 589 g/mol. The number of allylic oxidation sites excluding steroid dienone is 3. The van der Waals surface area contributed by atoms with Crippen molar-refractivity contribution >= 4 is 46.1 Å². The summed E-state index contributed by atoms with van der Waals surface area (Å²) in [4.78, 5) is 17.0. The molecule has 6 rings (SSSR count). The van der Waals surface area contributed by atoms with E-state index in [9.17, 15) is 4.79 Å². The number of aromatic nitrogens is 2. The van der Waals surface area contributed by atoms with Gasteiger partial charge in [0.2, 0.25) is 5.69 Å². The topological polar surface area (TPSA) is 29.1 Å². The summed E-state index contributed by atoms with van der Waals surface area (Å²) in [6.07, 6.45) is 10.5. The van der Waals surface area contributed by atoms with Crippen molar-refractivity contribution in [3.05, 3.63) is 133 Å². The molecule has 0 atom stereocenters. The van der Waals surface area contributed by atoms with E-state index >= 15 is 0 Å². The van der Waals surface area contributed by atoms with Crippen molar-refractivity contribution in [1.29, 1.82) is 0 Å². The van der Waals surface area contributed by atoms with Crippen LogP contribution >= 0.6 is 22.7 Å². The molecule has 210 valence electrons. The summed E-state index contributed by atoms with van der Waals surface area (Å²) < 4.78 is 5.97. The molecular formula is C36H34N3OS2+. The molecule has 1 aliphatic heterocycles. The van der Waals surface area contributed by atoms with Crippen LogP contribution in [0.25, 0.3) is 39.4 Å². The van der Waals surface area contributed by atoms with E-state index in [-0.39, 0.29) is 5.56 Å². The quantitative estimate of drug-likeness (QED) is 0.199. The van der Waals surface area contributed by atoms with Crippen molar-refractivity contribution in [3.63, 3.8) is 0 Å². The summed E-state index contributed by atoms with van der Waals surface area (Å²) in [5.74, 6) is 0. The molecule has 5 aromatic rings. The molecule has 0 bridgehead atoms. The molecule has 0 aliphatic carbocycles. The van der Waals surface area contributed by atoms with Gasteiger partial charge in [-0.1, -0.05) is 84.1 Å². The number of para-hydroxylation sites is 1. The molecule has 42 heavy (non-hydrogen) atoms. The maximum absolute atomic E-state index is 13.6. The van der Waals surface area contributed by atoms with Gasteiger partial charge in [0.25, 0.3) is 10.6 Å². The highest BCUT2D eigenvalue weighted by molar-refractivity contribution is 7.16. The highest BCUT2D eigenvalue weighted by atomic mass is 32.1. The first kappa shape index (κ1) is 27.9. The molecule has 0 unspecified atom stereocenters. The first-order valence-electron chi connectivity index (χ1n) is 14.5. The van der Waals surface area contributed by atoms with Crippen molar-refractivity contribution in [2.24, 2.45) is 0 Å². The Morgan fingerprint density at radius 2 is 1.48 bits per heavy atom. The standard InChI is InChI=1S/C36H34N3OS2/c1-4-37-24-23-26(29-19-13-14-20-30(29)37)21-22-31-36(40)39(6-3)33(41-31)25-32-38(5-2)34(27-15-9-7-10-16-27)35(42-32)28-17-11-8-12-18-28/h7-25H,4-6H2,1-3H3/q+1. The predicted octanol–water partition coefficient (Wildman–Crippen LogP) is 6.68. The highest BCUT2D eigenvalue weighted by Gasteiger charge is 2.27. The summed E-state index contributed by atoms with van der Waals surface area (Å²) in [6.45, 7) is 8.74. The lowest BCUT2D eigenvalue weighted by atomic mass is 9.99. The Labute approximate surface area is 254 Å². The van der Waals surface area contributed by atoms with Gasteiger partial charge in [0.15, 0.2) is 0 Å². The van der Waals surface area contributed by atoms with Gasteiger partial charge >= 0.3 is 0 Å². The zero-order valence-corrected chi connectivity index (χ0v) is 25.8. The maximum atomic E-state index is 13.6. The predicted molar refractivity (Wildman–Crippen MR) is 179 cm³/mol. The van der Waals surface area contributed by atoms with E-state index in [1.54, 1.807) is 22.7 Å². The van der Waals surface area contributed by atoms with Crippen molar-refractivity contribution < 1.29 is 4.57 Å². The Morgan fingerprint density at radius 3 is 2.17 bits per heavy atom. The lowest BCUT2D eigenvalue weighted by molar-refractivity contribution is -0.679. The fourth-order valence-corrected chi connectivity index (χ4v) is 7.90. The molecule has 3 heterocycles. The van der Waals surface area contributed by atoms with Crippen molar-refractivity contribution in [2.45, 2.75) is 33.9 Å². The summed E-state index contributed by atoms with van der Waals surface area (Å²) >= 11 is 3.34. The Kier molecular flexibility index (Phi) is 8.17. The summed E-state index contributed by atoms with van der Waals surface area (Å²) in [5.41, 5.74) is 7.14. The number of rotatable bonds is 7. The Balaban J connectivity index is 1.50. The van der Waals surface area contributed by atoms with E-state index in [0.29, 0.717) is 6.54 Å². The van der Waals surface area contributed by atoms with Gasteiger partial charge in [-0.25, -0.2) is 0 Å². The zero-order chi connectivity index (χ0) is 29.1. The number of nitrogens with zero attached hydrogens (tertiary/aromatic N) is 3. The van der Waals surface area contributed by atoms with Gasteiger partial charge < -0.3 is 4.90 Å². The zero-order valence-electron chi connectivity index (χ0n) is 24.2. The molecule has 0 N–H and O–H groups in total. The van der Waals surface area contributed by atoms with Gasteiger partial charge in [-0.05, 0) is 62.3 Å². The van der Waals surface area contributed by atoms with E-state index in [4.69, 9.17) is 0 Å². The van der Waals surface area contributed by atoms with Crippen LogP contribution in [0.2, 0.25) is 0 Å². The minimum Gasteiger partial charge on any atom is -0.348 e. The molecule has 0 spiro atoms. The Morgan fingerprint density at radius 1 is 0.786 bits per heavy atom. The smallest absolute Gasteiger partial charge is 0.269 e. The van der Waals surface area contributed by atoms with E-state index in [0.717, 1.165) is 32.9 Å². The van der Waals surface area contributed by atoms with Crippen LogP contribution in [-0.2, 0) is 13.1 Å².